The standard InChI is InChI=1S/C24H19ClN4O7/c1-10-7-13-11(8-12-21(27-13)28(2)23(33)29(6-5-26)22(12)32)19(30)24(10)20(31)16-14(34-3)9-15(35-4)17(25)18(16)36-24/h8-10H,6-7H2,1-4H3/t10-,24+/m1/s1. The third-order valence-electron chi connectivity index (χ3n) is 6.82. The van der Waals surface area contributed by atoms with Crippen molar-refractivity contribution in [3.63, 3.8) is 0 Å². The first kappa shape index (κ1) is 23.6. The Morgan fingerprint density at radius 2 is 1.89 bits per heavy atom. The van der Waals surface area contributed by atoms with Gasteiger partial charge in [-0.15, -0.1) is 0 Å². The zero-order valence-corrected chi connectivity index (χ0v) is 20.4. The number of ketones is 2. The number of nitriles is 1. The highest BCUT2D eigenvalue weighted by molar-refractivity contribution is 6.36. The van der Waals surface area contributed by atoms with E-state index in [2.05, 4.69) is 4.98 Å². The van der Waals surface area contributed by atoms with Gasteiger partial charge >= 0.3 is 5.69 Å². The molecule has 12 heteroatoms. The number of fused-ring (bicyclic) bond motifs is 3. The Labute approximate surface area is 208 Å². The molecule has 5 rings (SSSR count). The Kier molecular flexibility index (Phi) is 5.19. The molecule has 0 bridgehead atoms. The number of methoxy groups -OCH3 is 2. The van der Waals surface area contributed by atoms with Crippen molar-refractivity contribution >= 4 is 34.2 Å². The highest BCUT2D eigenvalue weighted by atomic mass is 35.5. The normalized spacial score (nSPS) is 20.2. The second-order valence-corrected chi connectivity index (χ2v) is 9.02. The van der Waals surface area contributed by atoms with Crippen LogP contribution in [0.5, 0.6) is 17.2 Å². The number of pyridine rings is 1. The average Bonchev–Trinajstić information content (AvgIpc) is 3.18. The molecule has 0 saturated carbocycles. The predicted molar refractivity (Wildman–Crippen MR) is 126 cm³/mol. The summed E-state index contributed by atoms with van der Waals surface area (Å²) in [6.45, 7) is 1.21. The monoisotopic (exact) mass is 510 g/mol. The number of benzene rings is 1. The lowest BCUT2D eigenvalue weighted by molar-refractivity contribution is 0.0257. The fourth-order valence-electron chi connectivity index (χ4n) is 4.95. The Morgan fingerprint density at radius 1 is 1.19 bits per heavy atom. The van der Waals surface area contributed by atoms with Crippen LogP contribution < -0.4 is 25.5 Å². The van der Waals surface area contributed by atoms with Crippen LogP contribution in [0.15, 0.2) is 21.7 Å². The third-order valence-corrected chi connectivity index (χ3v) is 7.17. The van der Waals surface area contributed by atoms with Crippen molar-refractivity contribution in [1.82, 2.24) is 14.1 Å². The number of aromatic nitrogens is 3. The lowest BCUT2D eigenvalue weighted by Crippen LogP contribution is -2.57. The van der Waals surface area contributed by atoms with Gasteiger partial charge in [0.05, 0.1) is 31.4 Å². The number of nitrogens with zero attached hydrogens (tertiary/aromatic N) is 4. The second-order valence-electron chi connectivity index (χ2n) is 8.65. The molecule has 0 radical (unpaired) electrons. The van der Waals surface area contributed by atoms with E-state index in [-0.39, 0.29) is 50.9 Å². The molecule has 0 fully saturated rings. The lowest BCUT2D eigenvalue weighted by atomic mass is 9.71. The molecular formula is C24H19ClN4O7. The number of hydrogen-bond donors (Lipinski definition) is 0. The van der Waals surface area contributed by atoms with Crippen molar-refractivity contribution in [2.75, 3.05) is 14.2 Å². The van der Waals surface area contributed by atoms with Crippen molar-refractivity contribution in [2.45, 2.75) is 25.5 Å². The summed E-state index contributed by atoms with van der Waals surface area (Å²) in [7, 11) is 4.19. The largest absolute Gasteiger partial charge is 0.496 e. The van der Waals surface area contributed by atoms with E-state index in [0.29, 0.717) is 5.69 Å². The molecular weight excluding hydrogens is 492 g/mol. The van der Waals surface area contributed by atoms with Gasteiger partial charge in [-0.2, -0.15) is 5.26 Å². The van der Waals surface area contributed by atoms with Crippen LogP contribution in [0.25, 0.3) is 11.0 Å². The molecule has 36 heavy (non-hydrogen) atoms. The quantitative estimate of drug-likeness (QED) is 0.481. The summed E-state index contributed by atoms with van der Waals surface area (Å²) in [5, 5.41) is 9.03. The van der Waals surface area contributed by atoms with Crippen LogP contribution in [0.2, 0.25) is 5.02 Å². The Balaban J connectivity index is 1.75. The van der Waals surface area contributed by atoms with E-state index < -0.39 is 40.9 Å². The van der Waals surface area contributed by atoms with Crippen molar-refractivity contribution in [1.29, 1.82) is 5.26 Å². The summed E-state index contributed by atoms with van der Waals surface area (Å²) in [4.78, 5) is 57.8. The Morgan fingerprint density at radius 3 is 2.53 bits per heavy atom. The van der Waals surface area contributed by atoms with E-state index in [9.17, 15) is 19.2 Å². The van der Waals surface area contributed by atoms with Gasteiger partial charge in [-0.05, 0) is 12.5 Å². The zero-order valence-electron chi connectivity index (χ0n) is 19.7. The van der Waals surface area contributed by atoms with Crippen LogP contribution in [-0.4, -0.2) is 45.5 Å². The number of hydrogen-bond acceptors (Lipinski definition) is 9. The molecule has 0 unspecified atom stereocenters. The first-order valence-corrected chi connectivity index (χ1v) is 11.2. The minimum atomic E-state index is -1.96. The maximum absolute atomic E-state index is 14.0. The summed E-state index contributed by atoms with van der Waals surface area (Å²) in [5.41, 5.74) is -2.98. The van der Waals surface area contributed by atoms with Crippen LogP contribution in [0.1, 0.15) is 33.3 Å². The molecule has 11 nitrogen and oxygen atoms in total. The molecule has 0 N–H and O–H groups in total. The second kappa shape index (κ2) is 7.93. The number of aryl methyl sites for hydroxylation is 1. The smallest absolute Gasteiger partial charge is 0.333 e. The van der Waals surface area contributed by atoms with E-state index in [1.807, 2.05) is 0 Å². The van der Waals surface area contributed by atoms with E-state index in [1.165, 1.54) is 33.4 Å². The molecule has 3 heterocycles. The molecule has 1 aliphatic heterocycles. The minimum absolute atomic E-state index is 0.0167. The van der Waals surface area contributed by atoms with E-state index in [4.69, 9.17) is 31.1 Å². The van der Waals surface area contributed by atoms with Gasteiger partial charge in [-0.25, -0.2) is 14.3 Å². The van der Waals surface area contributed by atoms with Crippen molar-refractivity contribution in [3.05, 3.63) is 54.8 Å². The van der Waals surface area contributed by atoms with E-state index in [0.717, 1.165) is 9.13 Å². The summed E-state index contributed by atoms with van der Waals surface area (Å²) in [5.74, 6) is -1.65. The molecule has 0 saturated heterocycles. The molecule has 1 spiro atoms. The number of Topliss-reactive ketones (excluding diaryl/α,β-unsaturated/α-hetero) is 2. The molecule has 1 aromatic carbocycles. The van der Waals surface area contributed by atoms with Gasteiger partial charge in [0.15, 0.2) is 5.75 Å². The number of ether oxygens (including phenoxy) is 3. The van der Waals surface area contributed by atoms with Gasteiger partial charge in [0.25, 0.3) is 5.56 Å². The zero-order chi connectivity index (χ0) is 26.1. The van der Waals surface area contributed by atoms with E-state index in [1.54, 1.807) is 13.0 Å². The Hall–Kier alpha value is -4.17. The number of carbonyl (C=O) groups is 2. The SMILES string of the molecule is COc1cc(OC)c2c(c1Cl)O[C@@]1(C(=O)c3cc4c(=O)n(CC#N)c(=O)n(C)c4nc3C[C@H]1C)C2=O. The fraction of sp³-hybridized carbons (Fsp3) is 0.333. The maximum Gasteiger partial charge on any atom is 0.333 e. The molecule has 2 aliphatic rings. The van der Waals surface area contributed by atoms with Gasteiger partial charge < -0.3 is 14.2 Å². The van der Waals surface area contributed by atoms with Crippen LogP contribution in [0.4, 0.5) is 0 Å². The van der Waals surface area contributed by atoms with Gasteiger partial charge in [0.1, 0.15) is 34.3 Å². The van der Waals surface area contributed by atoms with Gasteiger partial charge in [0, 0.05) is 24.6 Å². The molecule has 2 aromatic heterocycles. The van der Waals surface area contributed by atoms with E-state index >= 15 is 0 Å². The lowest BCUT2D eigenvalue weighted by Gasteiger charge is -2.36. The molecule has 3 aromatic rings. The molecule has 0 amide bonds. The topological polar surface area (TPSA) is 143 Å². The summed E-state index contributed by atoms with van der Waals surface area (Å²) < 4.78 is 18.6. The molecule has 2 atom stereocenters. The first-order valence-electron chi connectivity index (χ1n) is 10.9. The molecule has 184 valence electrons. The molecule has 1 aliphatic carbocycles. The number of carbonyl (C=O) groups excluding carboxylic acids is 2. The number of halogens is 1. The van der Waals surface area contributed by atoms with Gasteiger partial charge in [0.2, 0.25) is 17.2 Å². The predicted octanol–water partition coefficient (Wildman–Crippen LogP) is 1.68. The van der Waals surface area contributed by atoms with Crippen LogP contribution in [0.3, 0.4) is 0 Å². The fourth-order valence-corrected chi connectivity index (χ4v) is 5.22. The van der Waals surface area contributed by atoms with Gasteiger partial charge in [-0.1, -0.05) is 18.5 Å². The Bertz CT molecular complexity index is 1680. The maximum atomic E-state index is 14.0. The number of rotatable bonds is 3. The summed E-state index contributed by atoms with van der Waals surface area (Å²) >= 11 is 6.44. The minimum Gasteiger partial charge on any atom is -0.496 e. The van der Waals surface area contributed by atoms with Crippen LogP contribution in [-0.2, 0) is 20.0 Å². The highest BCUT2D eigenvalue weighted by Gasteiger charge is 2.62. The summed E-state index contributed by atoms with van der Waals surface area (Å²) in [6.07, 6.45) is 0.142. The van der Waals surface area contributed by atoms with Crippen molar-refractivity contribution in [2.24, 2.45) is 13.0 Å². The third kappa shape index (κ3) is 2.82. The van der Waals surface area contributed by atoms with Gasteiger partial charge in [-0.3, -0.25) is 19.0 Å². The van der Waals surface area contributed by atoms with Crippen LogP contribution >= 0.6 is 11.6 Å². The van der Waals surface area contributed by atoms with Crippen LogP contribution in [0, 0.1) is 17.2 Å². The summed E-state index contributed by atoms with van der Waals surface area (Å²) in [6, 6.07) is 4.53. The van der Waals surface area contributed by atoms with Crippen molar-refractivity contribution in [3.8, 4) is 23.3 Å². The van der Waals surface area contributed by atoms with Crippen molar-refractivity contribution < 1.29 is 23.8 Å². The first-order chi connectivity index (χ1) is 17.1. The highest BCUT2D eigenvalue weighted by Crippen LogP contribution is 2.53. The average molecular weight is 511 g/mol.